The van der Waals surface area contributed by atoms with Crippen LogP contribution in [-0.4, -0.2) is 64.3 Å². The first kappa shape index (κ1) is 20.9. The molecule has 2 N–H and O–H groups in total. The summed E-state index contributed by atoms with van der Waals surface area (Å²) in [7, 11) is 0. The van der Waals surface area contributed by atoms with Gasteiger partial charge in [-0.3, -0.25) is 0 Å². The second-order valence-corrected chi connectivity index (χ2v) is 7.93. The number of rotatable bonds is 6. The van der Waals surface area contributed by atoms with Gasteiger partial charge in [-0.25, -0.2) is 0 Å². The van der Waals surface area contributed by atoms with Gasteiger partial charge in [-0.05, 0) is 42.4 Å². The lowest BCUT2D eigenvalue weighted by molar-refractivity contribution is 0.122. The number of anilines is 3. The zero-order valence-corrected chi connectivity index (χ0v) is 18.1. The van der Waals surface area contributed by atoms with Crippen LogP contribution < -0.4 is 20.4 Å². The maximum atomic E-state index is 5.58. The third-order valence-corrected chi connectivity index (χ3v) is 5.75. The highest BCUT2D eigenvalue weighted by atomic mass is 32.1. The molecule has 4 rings (SSSR count). The molecule has 2 aliphatic heterocycles. The van der Waals surface area contributed by atoms with E-state index in [1.54, 1.807) is 0 Å². The van der Waals surface area contributed by atoms with Gasteiger partial charge in [-0.1, -0.05) is 30.3 Å². The minimum atomic E-state index is 0.652. The zero-order valence-electron chi connectivity index (χ0n) is 17.3. The second-order valence-electron chi connectivity index (χ2n) is 7.52. The van der Waals surface area contributed by atoms with E-state index in [0.717, 1.165) is 71.3 Å². The summed E-state index contributed by atoms with van der Waals surface area (Å²) in [5.74, 6) is 0. The molecule has 30 heavy (non-hydrogen) atoms. The molecule has 0 aliphatic carbocycles. The summed E-state index contributed by atoms with van der Waals surface area (Å²) in [5.41, 5.74) is 4.74. The van der Waals surface area contributed by atoms with Crippen molar-refractivity contribution in [2.24, 2.45) is 0 Å². The van der Waals surface area contributed by atoms with E-state index in [1.807, 2.05) is 6.07 Å². The summed E-state index contributed by atoms with van der Waals surface area (Å²) in [5, 5.41) is 7.41. The average molecular weight is 427 g/mol. The smallest absolute Gasteiger partial charge is 0.170 e. The number of ether oxygens (including phenoxy) is 2. The number of morpholine rings is 2. The van der Waals surface area contributed by atoms with Crippen molar-refractivity contribution in [2.75, 3.05) is 74.3 Å². The van der Waals surface area contributed by atoms with E-state index >= 15 is 0 Å². The maximum Gasteiger partial charge on any atom is 0.170 e. The Bertz CT molecular complexity index is 821. The van der Waals surface area contributed by atoms with Gasteiger partial charge in [0.1, 0.15) is 0 Å². The largest absolute Gasteiger partial charge is 0.378 e. The number of hydrogen-bond donors (Lipinski definition) is 2. The Hall–Kier alpha value is -2.35. The monoisotopic (exact) mass is 426 g/mol. The SMILES string of the molecule is S=C(NCCc1ccccc1)Nc1ccc(N2CCOCC2)cc1N1CCOCC1. The highest BCUT2D eigenvalue weighted by Gasteiger charge is 2.19. The molecule has 6 nitrogen and oxygen atoms in total. The van der Waals surface area contributed by atoms with E-state index in [1.165, 1.54) is 16.9 Å². The van der Waals surface area contributed by atoms with Gasteiger partial charge in [0, 0.05) is 38.4 Å². The molecule has 2 fully saturated rings. The Balaban J connectivity index is 1.43. The first-order valence-electron chi connectivity index (χ1n) is 10.7. The van der Waals surface area contributed by atoms with Crippen LogP contribution in [0.3, 0.4) is 0 Å². The van der Waals surface area contributed by atoms with Gasteiger partial charge in [0.15, 0.2) is 5.11 Å². The molecule has 2 aromatic rings. The van der Waals surface area contributed by atoms with Gasteiger partial charge < -0.3 is 29.9 Å². The van der Waals surface area contributed by atoms with Crippen LogP contribution in [0.2, 0.25) is 0 Å². The summed E-state index contributed by atoms with van der Waals surface area (Å²) in [6.07, 6.45) is 0.939. The van der Waals surface area contributed by atoms with Gasteiger partial charge in [0.25, 0.3) is 0 Å². The summed E-state index contributed by atoms with van der Waals surface area (Å²) < 4.78 is 11.1. The third kappa shape index (κ3) is 5.62. The summed E-state index contributed by atoms with van der Waals surface area (Å²) in [4.78, 5) is 4.76. The molecule has 2 aromatic carbocycles. The molecule has 160 valence electrons. The van der Waals surface area contributed by atoms with Gasteiger partial charge in [0.05, 0.1) is 37.8 Å². The number of nitrogens with one attached hydrogen (secondary N) is 2. The number of benzene rings is 2. The Labute approximate surface area is 184 Å². The summed E-state index contributed by atoms with van der Waals surface area (Å²) >= 11 is 5.58. The first-order valence-corrected chi connectivity index (χ1v) is 11.1. The van der Waals surface area contributed by atoms with Crippen molar-refractivity contribution in [3.8, 4) is 0 Å². The van der Waals surface area contributed by atoms with E-state index in [0.29, 0.717) is 5.11 Å². The third-order valence-electron chi connectivity index (χ3n) is 5.50. The van der Waals surface area contributed by atoms with E-state index in [4.69, 9.17) is 21.7 Å². The topological polar surface area (TPSA) is 49.0 Å². The zero-order chi connectivity index (χ0) is 20.6. The summed E-state index contributed by atoms with van der Waals surface area (Å²) in [6.45, 7) is 7.48. The normalized spacial score (nSPS) is 16.9. The molecule has 0 bridgehead atoms. The molecule has 0 atom stereocenters. The van der Waals surface area contributed by atoms with E-state index in [2.05, 4.69) is 62.9 Å². The fourth-order valence-electron chi connectivity index (χ4n) is 3.84. The summed E-state index contributed by atoms with van der Waals surface area (Å²) in [6, 6.07) is 17.0. The first-order chi connectivity index (χ1) is 14.8. The van der Waals surface area contributed by atoms with Crippen molar-refractivity contribution in [1.82, 2.24) is 5.32 Å². The van der Waals surface area contributed by atoms with Crippen LogP contribution in [0, 0.1) is 0 Å². The van der Waals surface area contributed by atoms with Crippen molar-refractivity contribution in [3.05, 3.63) is 54.1 Å². The Kier molecular flexibility index (Phi) is 7.39. The van der Waals surface area contributed by atoms with E-state index < -0.39 is 0 Å². The van der Waals surface area contributed by atoms with Gasteiger partial charge in [-0.15, -0.1) is 0 Å². The predicted octanol–water partition coefficient (Wildman–Crippen LogP) is 2.89. The molecule has 0 aromatic heterocycles. The van der Waals surface area contributed by atoms with Gasteiger partial charge in [-0.2, -0.15) is 0 Å². The molecule has 0 radical (unpaired) electrons. The molecule has 0 amide bonds. The van der Waals surface area contributed by atoms with Crippen LogP contribution in [0.5, 0.6) is 0 Å². The minimum absolute atomic E-state index is 0.652. The minimum Gasteiger partial charge on any atom is -0.378 e. The van der Waals surface area contributed by atoms with Crippen molar-refractivity contribution < 1.29 is 9.47 Å². The fraction of sp³-hybridized carbons (Fsp3) is 0.435. The number of thiocarbonyl (C=S) groups is 1. The van der Waals surface area contributed by atoms with Crippen LogP contribution in [0.1, 0.15) is 5.56 Å². The Morgan fingerprint density at radius 1 is 0.867 bits per heavy atom. The second kappa shape index (κ2) is 10.6. The van der Waals surface area contributed by atoms with Crippen molar-refractivity contribution in [1.29, 1.82) is 0 Å². The molecule has 0 unspecified atom stereocenters. The molecule has 7 heteroatoms. The lowest BCUT2D eigenvalue weighted by atomic mass is 10.1. The highest BCUT2D eigenvalue weighted by Crippen LogP contribution is 2.32. The quantitative estimate of drug-likeness (QED) is 0.689. The molecule has 2 heterocycles. The average Bonchev–Trinajstić information content (AvgIpc) is 2.81. The van der Waals surface area contributed by atoms with Gasteiger partial charge >= 0.3 is 0 Å². The number of nitrogens with zero attached hydrogens (tertiary/aromatic N) is 2. The predicted molar refractivity (Wildman–Crippen MR) is 127 cm³/mol. The molecule has 2 saturated heterocycles. The van der Waals surface area contributed by atoms with Crippen LogP contribution >= 0.6 is 12.2 Å². The van der Waals surface area contributed by atoms with E-state index in [9.17, 15) is 0 Å². The lowest BCUT2D eigenvalue weighted by Gasteiger charge is -2.33. The van der Waals surface area contributed by atoms with Crippen molar-refractivity contribution >= 4 is 34.4 Å². The molecule has 2 aliphatic rings. The highest BCUT2D eigenvalue weighted by molar-refractivity contribution is 7.80. The number of hydrogen-bond acceptors (Lipinski definition) is 5. The molecular formula is C23H30N4O2S. The Morgan fingerprint density at radius 3 is 2.23 bits per heavy atom. The van der Waals surface area contributed by atoms with Crippen LogP contribution in [0.4, 0.5) is 17.1 Å². The molecule has 0 saturated carbocycles. The van der Waals surface area contributed by atoms with Crippen LogP contribution in [-0.2, 0) is 15.9 Å². The standard InChI is InChI=1S/C23H30N4O2S/c30-23(24-9-8-19-4-2-1-3-5-19)25-21-7-6-20(26-10-14-28-15-11-26)18-22(21)27-12-16-29-17-13-27/h1-7,18H,8-17H2,(H2,24,25,30). The molecular weight excluding hydrogens is 396 g/mol. The van der Waals surface area contributed by atoms with Crippen molar-refractivity contribution in [2.45, 2.75) is 6.42 Å². The lowest BCUT2D eigenvalue weighted by Crippen LogP contribution is -2.38. The Morgan fingerprint density at radius 2 is 1.53 bits per heavy atom. The van der Waals surface area contributed by atoms with Gasteiger partial charge in [0.2, 0.25) is 0 Å². The van der Waals surface area contributed by atoms with Crippen LogP contribution in [0.15, 0.2) is 48.5 Å². The maximum absolute atomic E-state index is 5.58. The molecule has 0 spiro atoms. The van der Waals surface area contributed by atoms with Crippen LogP contribution in [0.25, 0.3) is 0 Å². The van der Waals surface area contributed by atoms with Crippen molar-refractivity contribution in [3.63, 3.8) is 0 Å². The van der Waals surface area contributed by atoms with E-state index in [-0.39, 0.29) is 0 Å². The fourth-order valence-corrected chi connectivity index (χ4v) is 4.05.